The van der Waals surface area contributed by atoms with Gasteiger partial charge in [-0.3, -0.25) is 4.79 Å². The third-order valence-corrected chi connectivity index (χ3v) is 5.14. The number of ether oxygens (including phenoxy) is 2. The topological polar surface area (TPSA) is 111 Å². The molecule has 0 radical (unpaired) electrons. The number of methoxy groups -OCH3 is 1. The third-order valence-electron chi connectivity index (χ3n) is 3.22. The molecule has 1 heterocycles. The Bertz CT molecular complexity index is 641. The summed E-state index contributed by atoms with van der Waals surface area (Å²) in [5.41, 5.74) is 5.59. The van der Waals surface area contributed by atoms with Gasteiger partial charge in [0, 0.05) is 18.8 Å². The SMILES string of the molecule is COc1ccc(NC(=O)CN)cc1S(=O)(=O)N1CCOCC1. The van der Waals surface area contributed by atoms with Crippen LogP contribution in [0.5, 0.6) is 5.75 Å². The number of nitrogens with one attached hydrogen (secondary N) is 1. The number of sulfonamides is 1. The van der Waals surface area contributed by atoms with Gasteiger partial charge in [-0.25, -0.2) is 8.42 Å². The third kappa shape index (κ3) is 3.55. The maximum Gasteiger partial charge on any atom is 0.246 e. The van der Waals surface area contributed by atoms with Gasteiger partial charge in [0.05, 0.1) is 26.9 Å². The zero-order valence-electron chi connectivity index (χ0n) is 12.2. The van der Waals surface area contributed by atoms with Crippen molar-refractivity contribution in [3.05, 3.63) is 18.2 Å². The maximum atomic E-state index is 12.7. The maximum absolute atomic E-state index is 12.7. The molecule has 1 aromatic rings. The number of rotatable bonds is 5. The van der Waals surface area contributed by atoms with Crippen LogP contribution in [-0.4, -0.2) is 58.6 Å². The second kappa shape index (κ2) is 7.05. The summed E-state index contributed by atoms with van der Waals surface area (Å²) in [6.45, 7) is 1.09. The van der Waals surface area contributed by atoms with Crippen molar-refractivity contribution in [2.75, 3.05) is 45.3 Å². The smallest absolute Gasteiger partial charge is 0.246 e. The zero-order valence-corrected chi connectivity index (χ0v) is 13.1. The number of anilines is 1. The molecule has 0 unspecified atom stereocenters. The van der Waals surface area contributed by atoms with Crippen molar-refractivity contribution in [2.24, 2.45) is 5.73 Å². The van der Waals surface area contributed by atoms with Crippen molar-refractivity contribution in [3.63, 3.8) is 0 Å². The Kier molecular flexibility index (Phi) is 5.35. The summed E-state index contributed by atoms with van der Waals surface area (Å²) >= 11 is 0. The van der Waals surface area contributed by atoms with E-state index in [0.717, 1.165) is 0 Å². The van der Waals surface area contributed by atoms with Crippen LogP contribution in [0.25, 0.3) is 0 Å². The molecule has 122 valence electrons. The molecule has 0 aliphatic carbocycles. The highest BCUT2D eigenvalue weighted by atomic mass is 32.2. The molecule has 1 aliphatic rings. The number of morpholine rings is 1. The van der Waals surface area contributed by atoms with Crippen LogP contribution >= 0.6 is 0 Å². The monoisotopic (exact) mass is 329 g/mol. The summed E-state index contributed by atoms with van der Waals surface area (Å²) in [5.74, 6) is -0.183. The number of carbonyl (C=O) groups excluding carboxylic acids is 1. The van der Waals surface area contributed by atoms with E-state index >= 15 is 0 Å². The molecule has 0 saturated carbocycles. The van der Waals surface area contributed by atoms with Crippen molar-refractivity contribution in [2.45, 2.75) is 4.90 Å². The molecule has 1 fully saturated rings. The van der Waals surface area contributed by atoms with Gasteiger partial charge in [0.1, 0.15) is 10.6 Å². The standard InChI is InChI=1S/C13H19N3O5S/c1-20-11-3-2-10(15-13(17)9-14)8-12(11)22(18,19)16-4-6-21-7-5-16/h2-3,8H,4-7,9,14H2,1H3,(H,15,17). The van der Waals surface area contributed by atoms with Crippen molar-refractivity contribution in [1.29, 1.82) is 0 Å². The Morgan fingerprint density at radius 3 is 2.68 bits per heavy atom. The van der Waals surface area contributed by atoms with Crippen LogP contribution in [0.1, 0.15) is 0 Å². The van der Waals surface area contributed by atoms with Crippen molar-refractivity contribution in [1.82, 2.24) is 4.31 Å². The van der Waals surface area contributed by atoms with E-state index in [1.807, 2.05) is 0 Å². The zero-order chi connectivity index (χ0) is 16.2. The van der Waals surface area contributed by atoms with Crippen LogP contribution in [0, 0.1) is 0 Å². The second-order valence-electron chi connectivity index (χ2n) is 4.63. The van der Waals surface area contributed by atoms with E-state index in [-0.39, 0.29) is 30.3 Å². The number of carbonyl (C=O) groups is 1. The Labute approximate surface area is 129 Å². The lowest BCUT2D eigenvalue weighted by atomic mass is 10.3. The van der Waals surface area contributed by atoms with Crippen molar-refractivity contribution >= 4 is 21.6 Å². The lowest BCUT2D eigenvalue weighted by Gasteiger charge is -2.26. The molecule has 8 nitrogen and oxygen atoms in total. The van der Waals surface area contributed by atoms with Crippen LogP contribution < -0.4 is 15.8 Å². The van der Waals surface area contributed by atoms with Crippen molar-refractivity contribution < 1.29 is 22.7 Å². The van der Waals surface area contributed by atoms with Gasteiger partial charge >= 0.3 is 0 Å². The molecule has 0 atom stereocenters. The predicted octanol–water partition coefficient (Wildman–Crippen LogP) is -0.387. The lowest BCUT2D eigenvalue weighted by Crippen LogP contribution is -2.40. The molecular weight excluding hydrogens is 310 g/mol. The van der Waals surface area contributed by atoms with Crippen LogP contribution in [0.2, 0.25) is 0 Å². The lowest BCUT2D eigenvalue weighted by molar-refractivity contribution is -0.114. The molecule has 0 spiro atoms. The summed E-state index contributed by atoms with van der Waals surface area (Å²) in [6, 6.07) is 4.43. The summed E-state index contributed by atoms with van der Waals surface area (Å²) in [7, 11) is -2.33. The van der Waals surface area contributed by atoms with Crippen LogP contribution in [-0.2, 0) is 19.6 Å². The highest BCUT2D eigenvalue weighted by Gasteiger charge is 2.29. The Hall–Kier alpha value is -1.68. The molecule has 9 heteroatoms. The van der Waals surface area contributed by atoms with Gasteiger partial charge in [-0.1, -0.05) is 0 Å². The summed E-state index contributed by atoms with van der Waals surface area (Å²) in [4.78, 5) is 11.4. The highest BCUT2D eigenvalue weighted by molar-refractivity contribution is 7.89. The molecule has 0 bridgehead atoms. The Morgan fingerprint density at radius 2 is 2.09 bits per heavy atom. The summed E-state index contributed by atoms with van der Waals surface area (Å²) in [5, 5.41) is 2.53. The number of benzene rings is 1. The van der Waals surface area contributed by atoms with E-state index < -0.39 is 15.9 Å². The molecule has 1 aromatic carbocycles. The molecular formula is C13H19N3O5S. The molecule has 22 heavy (non-hydrogen) atoms. The number of nitrogens with two attached hydrogens (primary N) is 1. The number of hydrogen-bond acceptors (Lipinski definition) is 6. The molecule has 3 N–H and O–H groups in total. The summed E-state index contributed by atoms with van der Waals surface area (Å²) < 4.78 is 37.1. The van der Waals surface area contributed by atoms with Gasteiger partial charge in [0.15, 0.2) is 0 Å². The van der Waals surface area contributed by atoms with Gasteiger partial charge in [0.25, 0.3) is 0 Å². The second-order valence-corrected chi connectivity index (χ2v) is 6.54. The fraction of sp³-hybridized carbons (Fsp3) is 0.462. The number of amides is 1. The van der Waals surface area contributed by atoms with Crippen LogP contribution in [0.3, 0.4) is 0 Å². The highest BCUT2D eigenvalue weighted by Crippen LogP contribution is 2.30. The fourth-order valence-electron chi connectivity index (χ4n) is 2.09. The average Bonchev–Trinajstić information content (AvgIpc) is 2.55. The largest absolute Gasteiger partial charge is 0.495 e. The molecule has 1 aliphatic heterocycles. The molecule has 2 rings (SSSR count). The van der Waals surface area contributed by atoms with E-state index in [2.05, 4.69) is 5.32 Å². The van der Waals surface area contributed by atoms with Gasteiger partial charge in [-0.05, 0) is 18.2 Å². The van der Waals surface area contributed by atoms with E-state index in [1.54, 1.807) is 6.07 Å². The van der Waals surface area contributed by atoms with Crippen molar-refractivity contribution in [3.8, 4) is 5.75 Å². The fourth-order valence-corrected chi connectivity index (χ4v) is 3.68. The minimum absolute atomic E-state index is 0.00622. The Balaban J connectivity index is 2.38. The first-order valence-corrected chi connectivity index (χ1v) is 8.19. The van der Waals surface area contributed by atoms with Gasteiger partial charge < -0.3 is 20.5 Å². The quantitative estimate of drug-likeness (QED) is 0.761. The van der Waals surface area contributed by atoms with Gasteiger partial charge in [-0.15, -0.1) is 0 Å². The number of hydrogen-bond donors (Lipinski definition) is 2. The van der Waals surface area contributed by atoms with E-state index in [4.69, 9.17) is 15.2 Å². The minimum atomic E-state index is -3.72. The summed E-state index contributed by atoms with van der Waals surface area (Å²) in [6.07, 6.45) is 0. The molecule has 1 amide bonds. The normalized spacial score (nSPS) is 16.3. The first-order valence-electron chi connectivity index (χ1n) is 6.75. The molecule has 0 aromatic heterocycles. The van der Waals surface area contributed by atoms with E-state index in [9.17, 15) is 13.2 Å². The predicted molar refractivity (Wildman–Crippen MR) is 80.3 cm³/mol. The van der Waals surface area contributed by atoms with Crippen LogP contribution in [0.4, 0.5) is 5.69 Å². The first-order chi connectivity index (χ1) is 10.5. The van der Waals surface area contributed by atoms with E-state index in [1.165, 1.54) is 23.5 Å². The van der Waals surface area contributed by atoms with Gasteiger partial charge in [0.2, 0.25) is 15.9 Å². The number of nitrogens with zero attached hydrogens (tertiary/aromatic N) is 1. The minimum Gasteiger partial charge on any atom is -0.495 e. The van der Waals surface area contributed by atoms with E-state index in [0.29, 0.717) is 18.9 Å². The average molecular weight is 329 g/mol. The Morgan fingerprint density at radius 1 is 1.41 bits per heavy atom. The van der Waals surface area contributed by atoms with Crippen LogP contribution in [0.15, 0.2) is 23.1 Å². The molecule has 1 saturated heterocycles. The first kappa shape index (κ1) is 16.7. The van der Waals surface area contributed by atoms with Gasteiger partial charge in [-0.2, -0.15) is 4.31 Å².